The molecule has 0 saturated carbocycles. The van der Waals surface area contributed by atoms with Crippen molar-refractivity contribution in [1.82, 2.24) is 5.32 Å². The molecule has 0 radical (unpaired) electrons. The molecule has 0 spiro atoms. The molecule has 1 amide bonds. The maximum absolute atomic E-state index is 11.8. The van der Waals surface area contributed by atoms with Gasteiger partial charge < -0.3 is 15.2 Å². The van der Waals surface area contributed by atoms with E-state index < -0.39 is 11.4 Å². The van der Waals surface area contributed by atoms with Crippen LogP contribution in [0.15, 0.2) is 0 Å². The average Bonchev–Trinajstić information content (AvgIpc) is 2.86. The zero-order chi connectivity index (χ0) is 13.6. The van der Waals surface area contributed by atoms with E-state index in [2.05, 4.69) is 5.32 Å². The lowest BCUT2D eigenvalue weighted by atomic mass is 9.79. The molecule has 2 N–H and O–H groups in total. The van der Waals surface area contributed by atoms with Crippen LogP contribution in [0.1, 0.15) is 39.5 Å². The Morgan fingerprint density at radius 1 is 1.39 bits per heavy atom. The minimum absolute atomic E-state index is 0.0584. The number of carbonyl (C=O) groups excluding carboxylic acids is 1. The van der Waals surface area contributed by atoms with E-state index in [4.69, 9.17) is 4.74 Å². The van der Waals surface area contributed by atoms with Gasteiger partial charge >= 0.3 is 5.97 Å². The molecule has 1 fully saturated rings. The molecule has 1 aliphatic rings. The molecule has 1 atom stereocenters. The summed E-state index contributed by atoms with van der Waals surface area (Å²) >= 11 is 0. The lowest BCUT2D eigenvalue weighted by molar-refractivity contribution is -0.152. The Hall–Kier alpha value is -1.10. The van der Waals surface area contributed by atoms with E-state index in [0.717, 1.165) is 13.0 Å². The molecule has 1 heterocycles. The number of hydrogen-bond donors (Lipinski definition) is 2. The molecule has 0 aromatic rings. The maximum atomic E-state index is 11.8. The summed E-state index contributed by atoms with van der Waals surface area (Å²) in [7, 11) is 0. The second-order valence-corrected chi connectivity index (χ2v) is 5.00. The van der Waals surface area contributed by atoms with E-state index in [9.17, 15) is 14.7 Å². The van der Waals surface area contributed by atoms with Crippen LogP contribution in [0.2, 0.25) is 0 Å². The van der Waals surface area contributed by atoms with E-state index in [1.165, 1.54) is 0 Å². The van der Waals surface area contributed by atoms with Crippen molar-refractivity contribution < 1.29 is 19.4 Å². The Kier molecular flexibility index (Phi) is 5.59. The first-order valence-corrected chi connectivity index (χ1v) is 6.62. The first-order chi connectivity index (χ1) is 8.54. The van der Waals surface area contributed by atoms with E-state index in [1.807, 2.05) is 13.8 Å². The number of carboxylic acid groups (broad SMARTS) is 1. The van der Waals surface area contributed by atoms with Gasteiger partial charge in [-0.05, 0) is 19.3 Å². The highest BCUT2D eigenvalue weighted by Gasteiger charge is 2.37. The molecular weight excluding hydrogens is 234 g/mol. The molecule has 5 heteroatoms. The zero-order valence-electron chi connectivity index (χ0n) is 11.2. The summed E-state index contributed by atoms with van der Waals surface area (Å²) in [6.45, 7) is 5.66. The van der Waals surface area contributed by atoms with Crippen LogP contribution >= 0.6 is 0 Å². The number of aliphatic carboxylic acids is 1. The van der Waals surface area contributed by atoms with Gasteiger partial charge in [-0.1, -0.05) is 13.8 Å². The molecule has 0 aromatic heterocycles. The Bertz CT molecular complexity index is 293. The van der Waals surface area contributed by atoms with Gasteiger partial charge in [-0.15, -0.1) is 0 Å². The minimum atomic E-state index is -0.920. The second kappa shape index (κ2) is 6.73. The Morgan fingerprint density at radius 2 is 2.06 bits per heavy atom. The molecule has 0 aromatic carbocycles. The number of ether oxygens (including phenoxy) is 1. The standard InChI is InChI=1S/C13H23NO4/c1-3-13(4-2,12(16)17)7-11(15)14-8-10-5-6-18-9-10/h10H,3-9H2,1-2H3,(H,14,15)(H,16,17). The highest BCUT2D eigenvalue weighted by atomic mass is 16.5. The van der Waals surface area contributed by atoms with Gasteiger partial charge in [0.25, 0.3) is 0 Å². The van der Waals surface area contributed by atoms with Gasteiger partial charge in [0.05, 0.1) is 12.0 Å². The summed E-state index contributed by atoms with van der Waals surface area (Å²) in [6, 6.07) is 0. The number of carboxylic acids is 1. The van der Waals surface area contributed by atoms with Crippen LogP contribution in [0.3, 0.4) is 0 Å². The summed E-state index contributed by atoms with van der Waals surface area (Å²) in [4.78, 5) is 23.1. The van der Waals surface area contributed by atoms with Gasteiger partial charge in [-0.3, -0.25) is 9.59 Å². The Balaban J connectivity index is 2.43. The second-order valence-electron chi connectivity index (χ2n) is 5.00. The number of rotatable bonds is 7. The fraction of sp³-hybridized carbons (Fsp3) is 0.846. The third-order valence-corrected chi connectivity index (χ3v) is 3.92. The molecule has 0 aliphatic carbocycles. The monoisotopic (exact) mass is 257 g/mol. The molecular formula is C13H23NO4. The molecule has 1 rings (SSSR count). The van der Waals surface area contributed by atoms with Crippen LogP contribution in [-0.2, 0) is 14.3 Å². The molecule has 5 nitrogen and oxygen atoms in total. The number of hydrogen-bond acceptors (Lipinski definition) is 3. The van der Waals surface area contributed by atoms with E-state index in [0.29, 0.717) is 31.9 Å². The zero-order valence-corrected chi connectivity index (χ0v) is 11.2. The fourth-order valence-corrected chi connectivity index (χ4v) is 2.25. The van der Waals surface area contributed by atoms with E-state index >= 15 is 0 Å². The number of nitrogens with one attached hydrogen (secondary N) is 1. The van der Waals surface area contributed by atoms with Crippen molar-refractivity contribution >= 4 is 11.9 Å². The van der Waals surface area contributed by atoms with Crippen LogP contribution in [0.25, 0.3) is 0 Å². The maximum Gasteiger partial charge on any atom is 0.310 e. The van der Waals surface area contributed by atoms with Gasteiger partial charge in [-0.2, -0.15) is 0 Å². The third-order valence-electron chi connectivity index (χ3n) is 3.92. The predicted octanol–water partition coefficient (Wildman–Crippen LogP) is 1.42. The van der Waals surface area contributed by atoms with Gasteiger partial charge in [-0.25, -0.2) is 0 Å². The predicted molar refractivity (Wildman–Crippen MR) is 67.2 cm³/mol. The Morgan fingerprint density at radius 3 is 2.50 bits per heavy atom. The fourth-order valence-electron chi connectivity index (χ4n) is 2.25. The first kappa shape index (κ1) is 15.0. The van der Waals surface area contributed by atoms with Crippen LogP contribution in [0.4, 0.5) is 0 Å². The van der Waals surface area contributed by atoms with Crippen molar-refractivity contribution in [2.45, 2.75) is 39.5 Å². The average molecular weight is 257 g/mol. The SMILES string of the molecule is CCC(CC)(CC(=O)NCC1CCOC1)C(=O)O. The smallest absolute Gasteiger partial charge is 0.310 e. The van der Waals surface area contributed by atoms with Gasteiger partial charge in [0.2, 0.25) is 5.91 Å². The molecule has 1 aliphatic heterocycles. The molecule has 18 heavy (non-hydrogen) atoms. The van der Waals surface area contributed by atoms with Crippen LogP contribution in [0.5, 0.6) is 0 Å². The van der Waals surface area contributed by atoms with Crippen molar-refractivity contribution in [3.63, 3.8) is 0 Å². The number of carbonyl (C=O) groups is 2. The lowest BCUT2D eigenvalue weighted by Gasteiger charge is -2.26. The van der Waals surface area contributed by atoms with Crippen molar-refractivity contribution in [2.24, 2.45) is 11.3 Å². The summed E-state index contributed by atoms with van der Waals surface area (Å²) in [5.74, 6) is -0.684. The van der Waals surface area contributed by atoms with E-state index in [1.54, 1.807) is 0 Å². The van der Waals surface area contributed by atoms with E-state index in [-0.39, 0.29) is 12.3 Å². The molecule has 104 valence electrons. The highest BCUT2D eigenvalue weighted by molar-refractivity contribution is 5.84. The van der Waals surface area contributed by atoms with Crippen molar-refractivity contribution in [1.29, 1.82) is 0 Å². The topological polar surface area (TPSA) is 75.6 Å². The van der Waals surface area contributed by atoms with Crippen molar-refractivity contribution in [3.8, 4) is 0 Å². The summed E-state index contributed by atoms with van der Waals surface area (Å²) in [6.07, 6.45) is 1.96. The Labute approximate surface area is 108 Å². The number of amides is 1. The van der Waals surface area contributed by atoms with Crippen LogP contribution in [0, 0.1) is 11.3 Å². The lowest BCUT2D eigenvalue weighted by Crippen LogP contribution is -2.38. The largest absolute Gasteiger partial charge is 0.481 e. The normalized spacial score (nSPS) is 19.8. The van der Waals surface area contributed by atoms with Crippen molar-refractivity contribution in [2.75, 3.05) is 19.8 Å². The first-order valence-electron chi connectivity index (χ1n) is 6.62. The summed E-state index contributed by atoms with van der Waals surface area (Å²) in [5, 5.41) is 12.1. The van der Waals surface area contributed by atoms with Crippen molar-refractivity contribution in [3.05, 3.63) is 0 Å². The van der Waals surface area contributed by atoms with Gasteiger partial charge in [0, 0.05) is 25.5 Å². The summed E-state index contributed by atoms with van der Waals surface area (Å²) < 4.78 is 5.23. The van der Waals surface area contributed by atoms with Gasteiger partial charge in [0.15, 0.2) is 0 Å². The quantitative estimate of drug-likeness (QED) is 0.723. The minimum Gasteiger partial charge on any atom is -0.481 e. The third kappa shape index (κ3) is 3.70. The molecule has 0 bridgehead atoms. The summed E-state index contributed by atoms with van der Waals surface area (Å²) in [5.41, 5.74) is -0.920. The van der Waals surface area contributed by atoms with Crippen LogP contribution in [-0.4, -0.2) is 36.7 Å². The highest BCUT2D eigenvalue weighted by Crippen LogP contribution is 2.30. The van der Waals surface area contributed by atoms with Crippen LogP contribution < -0.4 is 5.32 Å². The van der Waals surface area contributed by atoms with Gasteiger partial charge in [0.1, 0.15) is 0 Å². The molecule has 1 unspecified atom stereocenters. The molecule has 1 saturated heterocycles.